The van der Waals surface area contributed by atoms with E-state index in [-0.39, 0.29) is 42.0 Å². The van der Waals surface area contributed by atoms with Crippen molar-refractivity contribution in [3.63, 3.8) is 0 Å². The van der Waals surface area contributed by atoms with Crippen molar-refractivity contribution in [1.29, 1.82) is 10.5 Å². The fourth-order valence-electron chi connectivity index (χ4n) is 11.6. The summed E-state index contributed by atoms with van der Waals surface area (Å²) in [6.07, 6.45) is 5.95. The number of aliphatic imine (C=N–C) groups is 2. The number of aliphatic carboxylic acids is 1. The summed E-state index contributed by atoms with van der Waals surface area (Å²) in [7, 11) is 0. The lowest BCUT2D eigenvalue weighted by Gasteiger charge is -2.19. The fourth-order valence-corrected chi connectivity index (χ4v) is 15.0. The Labute approximate surface area is 630 Å². The third-order valence-corrected chi connectivity index (χ3v) is 20.7. The number of halogens is 4. The molecule has 27 heteroatoms. The van der Waals surface area contributed by atoms with Crippen molar-refractivity contribution >= 4 is 136 Å². The zero-order valence-electron chi connectivity index (χ0n) is 57.3. The summed E-state index contributed by atoms with van der Waals surface area (Å²) in [5, 5.41) is 57.9. The van der Waals surface area contributed by atoms with E-state index in [9.17, 15) is 34.8 Å². The summed E-state index contributed by atoms with van der Waals surface area (Å²) >= 11 is 22.2. The number of nitriles is 2. The zero-order valence-corrected chi connectivity index (χ0v) is 63.6. The molecule has 1 unspecified atom stereocenters. The topological polar surface area (TPSA) is 310 Å². The van der Waals surface area contributed by atoms with Crippen molar-refractivity contribution < 1.29 is 24.3 Å². The largest absolute Gasteiger partial charge is 0.481 e. The molecule has 103 heavy (non-hydrogen) atoms. The van der Waals surface area contributed by atoms with Crippen LogP contribution in [0.15, 0.2) is 164 Å². The lowest BCUT2D eigenvalue weighted by atomic mass is 9.99. The van der Waals surface area contributed by atoms with Crippen LogP contribution in [0.2, 0.25) is 10.0 Å². The number of nitrogens with two attached hydrogens (primary N) is 1. The molecule has 0 fully saturated rings. The molecule has 2 aliphatic rings. The van der Waals surface area contributed by atoms with Crippen molar-refractivity contribution in [3.05, 3.63) is 253 Å². The molecule has 0 bridgehead atoms. The number of thiophene rings is 2. The van der Waals surface area contributed by atoms with Crippen LogP contribution in [0.4, 0.5) is 11.4 Å². The molecule has 6 aromatic heterocycles. The summed E-state index contributed by atoms with van der Waals surface area (Å²) in [6.45, 7) is 16.2. The molecule has 4 aromatic carbocycles. The maximum absolute atomic E-state index is 13.6. The summed E-state index contributed by atoms with van der Waals surface area (Å²) in [4.78, 5) is 71.7. The first kappa shape index (κ1) is 75.5. The number of aryl methyl sites for hydroxylation is 4. The lowest BCUT2D eigenvalue weighted by molar-refractivity contribution is -0.137. The number of pyridine rings is 2. The monoisotopic (exact) mass is 1580 g/mol. The van der Waals surface area contributed by atoms with E-state index in [1.54, 1.807) is 83.3 Å². The highest BCUT2D eigenvalue weighted by Crippen LogP contribution is 2.42. The van der Waals surface area contributed by atoms with Crippen molar-refractivity contribution in [2.75, 3.05) is 11.1 Å². The minimum Gasteiger partial charge on any atom is -0.481 e. The Morgan fingerprint density at radius 3 is 1.39 bits per heavy atom. The molecule has 0 spiro atoms. The number of nitrogen functional groups attached to an aromatic ring is 1. The molecular formula is C76H70Br2Cl2N16O5S2. The van der Waals surface area contributed by atoms with E-state index in [2.05, 4.69) is 106 Å². The number of hydrogen-bond acceptors (Lipinski definition) is 17. The van der Waals surface area contributed by atoms with Gasteiger partial charge in [-0.25, -0.2) is 9.97 Å². The molecule has 21 nitrogen and oxygen atoms in total. The highest BCUT2D eigenvalue weighted by Gasteiger charge is 2.35. The third-order valence-electron chi connectivity index (χ3n) is 16.9. The highest BCUT2D eigenvalue weighted by atomic mass is 79.9. The van der Waals surface area contributed by atoms with E-state index < -0.39 is 29.9 Å². The molecule has 10 aromatic rings. The van der Waals surface area contributed by atoms with Crippen LogP contribution in [-0.4, -0.2) is 79.7 Å². The first-order chi connectivity index (χ1) is 49.4. The number of carboxylic acids is 1. The maximum Gasteiger partial charge on any atom is 0.306 e. The minimum absolute atomic E-state index is 0.0159. The molecule has 0 saturated carbocycles. The van der Waals surface area contributed by atoms with E-state index in [4.69, 9.17) is 38.9 Å². The number of anilines is 2. The number of amides is 3. The molecule has 6 N–H and O–H groups in total. The summed E-state index contributed by atoms with van der Waals surface area (Å²) in [6, 6.07) is 42.5. The number of hydrogen-bond donors (Lipinski definition) is 5. The average molecular weight is 1580 g/mol. The Morgan fingerprint density at radius 2 is 1.00 bits per heavy atom. The predicted molar refractivity (Wildman–Crippen MR) is 412 cm³/mol. The van der Waals surface area contributed by atoms with Crippen LogP contribution in [0.1, 0.15) is 165 Å². The average Bonchev–Trinajstić information content (AvgIpc) is 1.60. The van der Waals surface area contributed by atoms with Gasteiger partial charge in [-0.3, -0.25) is 38.3 Å². The second-order valence-electron chi connectivity index (χ2n) is 24.2. The molecule has 524 valence electrons. The quantitative estimate of drug-likeness (QED) is 0.0218. The van der Waals surface area contributed by atoms with Crippen LogP contribution in [-0.2, 0) is 19.2 Å². The summed E-state index contributed by atoms with van der Waals surface area (Å²) in [5.41, 5.74) is 17.4. The Morgan fingerprint density at radius 1 is 0.592 bits per heavy atom. The van der Waals surface area contributed by atoms with Crippen LogP contribution in [0.3, 0.4) is 0 Å². The number of nitrogens with zero attached hydrogens (tertiary/aromatic N) is 12. The number of carboxylic acid groups (broad SMARTS) is 1. The molecule has 4 atom stereocenters. The zero-order chi connectivity index (χ0) is 73.8. The van der Waals surface area contributed by atoms with E-state index >= 15 is 0 Å². The van der Waals surface area contributed by atoms with Crippen LogP contribution in [0.25, 0.3) is 22.2 Å². The molecule has 0 radical (unpaired) electrons. The van der Waals surface area contributed by atoms with E-state index in [0.717, 1.165) is 96.8 Å². The van der Waals surface area contributed by atoms with Crippen molar-refractivity contribution in [1.82, 2.24) is 50.1 Å². The van der Waals surface area contributed by atoms with Crippen LogP contribution >= 0.6 is 77.7 Å². The van der Waals surface area contributed by atoms with Crippen molar-refractivity contribution in [2.45, 2.75) is 118 Å². The number of rotatable bonds is 19. The van der Waals surface area contributed by atoms with E-state index in [1.165, 1.54) is 21.9 Å². The lowest BCUT2D eigenvalue weighted by Crippen LogP contribution is -2.29. The van der Waals surface area contributed by atoms with Crippen LogP contribution in [0, 0.1) is 64.2 Å². The second kappa shape index (κ2) is 34.2. The van der Waals surface area contributed by atoms with E-state index in [0.29, 0.717) is 60.1 Å². The fraction of sp³-hybridized carbons (Fsp3) is 0.237. The maximum atomic E-state index is 13.6. The Hall–Kier alpha value is -10.1. The van der Waals surface area contributed by atoms with Gasteiger partial charge in [0.25, 0.3) is 11.8 Å². The van der Waals surface area contributed by atoms with Gasteiger partial charge in [0, 0.05) is 53.4 Å². The summed E-state index contributed by atoms with van der Waals surface area (Å²) < 4.78 is 5.21. The third kappa shape index (κ3) is 18.2. The molecule has 2 aliphatic heterocycles. The Kier molecular flexibility index (Phi) is 25.1. The van der Waals surface area contributed by atoms with Crippen molar-refractivity contribution in [2.24, 2.45) is 9.98 Å². The Balaban J connectivity index is 0.000000184. The smallest absolute Gasteiger partial charge is 0.306 e. The van der Waals surface area contributed by atoms with Gasteiger partial charge in [0.2, 0.25) is 5.91 Å². The van der Waals surface area contributed by atoms with Gasteiger partial charge in [-0.15, -0.1) is 43.1 Å². The molecule has 12 rings (SSSR count). The van der Waals surface area contributed by atoms with Gasteiger partial charge >= 0.3 is 5.97 Å². The van der Waals surface area contributed by atoms with Gasteiger partial charge in [-0.05, 0) is 193 Å². The second-order valence-corrected chi connectivity index (χ2v) is 29.1. The molecule has 0 aliphatic carbocycles. The van der Waals surface area contributed by atoms with E-state index in [1.807, 2.05) is 122 Å². The first-order valence-electron chi connectivity index (χ1n) is 32.8. The van der Waals surface area contributed by atoms with Crippen molar-refractivity contribution in [3.8, 4) is 22.1 Å². The predicted octanol–water partition coefficient (Wildman–Crippen LogP) is 16.8. The van der Waals surface area contributed by atoms with Gasteiger partial charge in [0.1, 0.15) is 66.2 Å². The van der Waals surface area contributed by atoms with Gasteiger partial charge in [-0.1, -0.05) is 111 Å². The number of nitrogens with one attached hydrogen (secondary N) is 3. The highest BCUT2D eigenvalue weighted by molar-refractivity contribution is 9.10. The standard InChI is InChI=1S/C38H34BrClN8O2S.C19H19BrN4O.C19H17ClN4O2S/c1-5-7-30(45-37(50)26(20-41)18-29-8-6-9-32(39)42-29)24-12-16-28(17-13-24)43-33(49)19-31-36-47-46-23(4)48(36)38-34(21(2)22(3)51-38)35(44-31)25-10-14-27(40)15-11-25;1-2-4-17(13-7-9-15(22)10-8-13)24-19(25)14(12-21)11-16-5-3-6-18(20)23-16;1-9-10(2)27-19-16(9)17(12-4-6-13(20)7-5-12)21-14(8-15(25)26)18-23-22-11(3)24(18)19/h6,8-18,30-31H,5,7,19H2,1-4H3,(H,43,49)(H,45,50);3,5-11,17H,2,4,22H2,1H3,(H,24,25);4-7,14H,8H2,1-3H3,(H,25,26)/b26-18+;14-11+;/t30-,31-;;14-/m0.0/s1. The number of fused-ring (bicyclic) bond motifs is 6. The summed E-state index contributed by atoms with van der Waals surface area (Å²) in [5.74, 6) is 0.530. The molecule has 0 saturated heterocycles. The first-order valence-corrected chi connectivity index (χ1v) is 36.7. The Bertz CT molecular complexity index is 5050. The van der Waals surface area contributed by atoms with Crippen LogP contribution in [0.5, 0.6) is 0 Å². The SMILES string of the molecule is CCCC(NC(=O)/C(C#N)=C/c1cccc(Br)n1)c1ccc(N)cc1.CCC[C@H](NC(=O)/C(C#N)=C/c1cccc(Br)n1)c1ccc(NC(=O)C[C@@H]2N=C(c3ccc(Cl)cc3)c3c(sc(C)c3C)-n3c(C)nnc32)cc1.Cc1sc2c(c1C)C(c1ccc(Cl)cc1)=N[C@@H](CC(=O)O)c1nnc(C)n1-2. The minimum atomic E-state index is -0.926. The van der Waals surface area contributed by atoms with Crippen LogP contribution < -0.4 is 21.7 Å². The molecule has 8 heterocycles. The molecular weight excluding hydrogens is 1510 g/mol. The van der Waals surface area contributed by atoms with Gasteiger partial charge in [-0.2, -0.15) is 10.5 Å². The van der Waals surface area contributed by atoms with Gasteiger partial charge in [0.05, 0.1) is 47.7 Å². The van der Waals surface area contributed by atoms with Gasteiger partial charge in [0.15, 0.2) is 11.6 Å². The number of carbonyl (C=O) groups is 4. The number of aromatic nitrogens is 8. The number of carbonyl (C=O) groups excluding carboxylic acids is 3. The van der Waals surface area contributed by atoms with Gasteiger partial charge < -0.3 is 26.8 Å². The normalized spacial score (nSPS) is 14.2. The molecule has 3 amide bonds. The number of benzene rings is 4.